The number of hydrogen-bond donors (Lipinski definition) is 1. The van der Waals surface area contributed by atoms with Crippen LogP contribution in [0.5, 0.6) is 0 Å². The fourth-order valence-electron chi connectivity index (χ4n) is 3.14. The van der Waals surface area contributed by atoms with Gasteiger partial charge >= 0.3 is 0 Å². The maximum Gasteiger partial charge on any atom is 0.255 e. The fourth-order valence-corrected chi connectivity index (χ4v) is 4.55. The fraction of sp³-hybridized carbons (Fsp3) is 0.174. The van der Waals surface area contributed by atoms with Crippen molar-refractivity contribution in [3.8, 4) is 11.3 Å². The van der Waals surface area contributed by atoms with Crippen LogP contribution in [0.2, 0.25) is 0 Å². The molecular weight excluding hydrogens is 426 g/mol. The quantitative estimate of drug-likeness (QED) is 0.484. The lowest BCUT2D eigenvalue weighted by Crippen LogP contribution is -2.33. The monoisotopic (exact) mass is 449 g/mol. The van der Waals surface area contributed by atoms with Crippen molar-refractivity contribution in [2.24, 2.45) is 0 Å². The molecule has 8 nitrogen and oxygen atoms in total. The van der Waals surface area contributed by atoms with Crippen molar-refractivity contribution in [3.05, 3.63) is 78.8 Å². The van der Waals surface area contributed by atoms with Crippen molar-refractivity contribution in [3.63, 3.8) is 0 Å². The van der Waals surface area contributed by atoms with Crippen LogP contribution in [0.3, 0.4) is 0 Å². The van der Waals surface area contributed by atoms with Crippen LogP contribution in [0.1, 0.15) is 24.2 Å². The number of imidazole rings is 1. The Morgan fingerprint density at radius 1 is 1.09 bits per heavy atom. The molecule has 0 radical (unpaired) electrons. The van der Waals surface area contributed by atoms with E-state index in [1.54, 1.807) is 44.3 Å². The summed E-state index contributed by atoms with van der Waals surface area (Å²) in [5, 5.41) is 2.81. The minimum absolute atomic E-state index is 0.0807. The van der Waals surface area contributed by atoms with Crippen molar-refractivity contribution >= 4 is 27.4 Å². The van der Waals surface area contributed by atoms with Gasteiger partial charge in [-0.05, 0) is 50.2 Å². The number of sulfonamides is 1. The highest BCUT2D eigenvalue weighted by Gasteiger charge is 2.24. The van der Waals surface area contributed by atoms with E-state index in [0.717, 1.165) is 11.3 Å². The van der Waals surface area contributed by atoms with Gasteiger partial charge in [0.05, 0.1) is 10.6 Å². The van der Waals surface area contributed by atoms with Crippen molar-refractivity contribution in [1.82, 2.24) is 18.7 Å². The summed E-state index contributed by atoms with van der Waals surface area (Å²) in [5.41, 5.74) is 2.51. The number of aromatic nitrogens is 3. The summed E-state index contributed by atoms with van der Waals surface area (Å²) in [6, 6.07) is 14.9. The van der Waals surface area contributed by atoms with Crippen molar-refractivity contribution < 1.29 is 13.2 Å². The summed E-state index contributed by atoms with van der Waals surface area (Å²) in [5.74, 6) is 0.219. The van der Waals surface area contributed by atoms with Crippen LogP contribution >= 0.6 is 0 Å². The minimum Gasteiger partial charge on any atom is -0.322 e. The second-order valence-corrected chi connectivity index (χ2v) is 9.62. The summed E-state index contributed by atoms with van der Waals surface area (Å²) in [6.45, 7) is 3.58. The zero-order valence-corrected chi connectivity index (χ0v) is 18.7. The predicted molar refractivity (Wildman–Crippen MR) is 123 cm³/mol. The van der Waals surface area contributed by atoms with Gasteiger partial charge in [0.15, 0.2) is 0 Å². The van der Waals surface area contributed by atoms with Crippen LogP contribution in [0.25, 0.3) is 17.0 Å². The van der Waals surface area contributed by atoms with E-state index in [1.165, 1.54) is 23.5 Å². The topological polar surface area (TPSA) is 96.7 Å². The molecule has 164 valence electrons. The molecule has 32 heavy (non-hydrogen) atoms. The van der Waals surface area contributed by atoms with Gasteiger partial charge in [-0.3, -0.25) is 9.20 Å². The molecule has 0 saturated carbocycles. The molecule has 0 aliphatic rings. The Morgan fingerprint density at radius 2 is 1.84 bits per heavy atom. The molecule has 1 N–H and O–H groups in total. The smallest absolute Gasteiger partial charge is 0.255 e. The Morgan fingerprint density at radius 3 is 2.53 bits per heavy atom. The summed E-state index contributed by atoms with van der Waals surface area (Å²) in [6.07, 6.45) is 5.45. The van der Waals surface area contributed by atoms with E-state index in [1.807, 2.05) is 35.0 Å². The first-order chi connectivity index (χ1) is 15.3. The third-order valence-corrected chi connectivity index (χ3v) is 7.20. The molecule has 0 atom stereocenters. The molecule has 9 heteroatoms. The average Bonchev–Trinajstić information content (AvgIpc) is 3.23. The van der Waals surface area contributed by atoms with Gasteiger partial charge in [0.25, 0.3) is 5.91 Å². The van der Waals surface area contributed by atoms with Crippen LogP contribution < -0.4 is 5.32 Å². The van der Waals surface area contributed by atoms with Crippen molar-refractivity contribution in [2.45, 2.75) is 24.8 Å². The summed E-state index contributed by atoms with van der Waals surface area (Å²) in [4.78, 5) is 21.5. The van der Waals surface area contributed by atoms with E-state index in [0.29, 0.717) is 11.5 Å². The van der Waals surface area contributed by atoms with Crippen molar-refractivity contribution in [2.75, 3.05) is 12.4 Å². The maximum absolute atomic E-state index is 12.7. The van der Waals surface area contributed by atoms with Gasteiger partial charge in [0.1, 0.15) is 0 Å². The Labute approximate surface area is 186 Å². The summed E-state index contributed by atoms with van der Waals surface area (Å²) >= 11 is 0. The molecule has 4 rings (SSSR count). The number of amides is 1. The number of rotatable bonds is 6. The molecule has 0 fully saturated rings. The highest BCUT2D eigenvalue weighted by Crippen LogP contribution is 2.22. The number of nitrogens with zero attached hydrogens (tertiary/aromatic N) is 4. The highest BCUT2D eigenvalue weighted by molar-refractivity contribution is 7.89. The van der Waals surface area contributed by atoms with E-state index < -0.39 is 10.0 Å². The number of hydrogen-bond acceptors (Lipinski definition) is 5. The number of nitrogens with one attached hydrogen (secondary N) is 1. The zero-order valence-electron chi connectivity index (χ0n) is 17.9. The number of anilines is 1. The molecule has 0 aliphatic heterocycles. The number of carbonyl (C=O) groups is 1. The van der Waals surface area contributed by atoms with Gasteiger partial charge in [-0.15, -0.1) is 0 Å². The van der Waals surface area contributed by atoms with Crippen LogP contribution in [0.4, 0.5) is 5.69 Å². The minimum atomic E-state index is -3.68. The Balaban J connectivity index is 1.52. The standard InChI is InChI=1S/C23H23N5O3S/c1-16(2)27(3)32(30,31)20-7-4-6-18(14-20)22(29)25-19-10-8-17(9-11-19)21-15-28-13-5-12-24-23(28)26-21/h4-16H,1-3H3,(H,25,29). The molecule has 2 heterocycles. The number of carbonyl (C=O) groups excluding carboxylic acids is 1. The third kappa shape index (κ3) is 4.25. The molecule has 4 aromatic rings. The Bertz CT molecular complexity index is 1350. The first kappa shape index (κ1) is 21.7. The van der Waals surface area contributed by atoms with E-state index in [9.17, 15) is 13.2 Å². The van der Waals surface area contributed by atoms with Gasteiger partial charge in [-0.25, -0.2) is 18.4 Å². The molecule has 2 aromatic carbocycles. The van der Waals surface area contributed by atoms with Crippen LogP contribution in [0, 0.1) is 0 Å². The molecule has 0 unspecified atom stereocenters. The van der Waals surface area contributed by atoms with Crippen LogP contribution in [-0.2, 0) is 10.0 Å². The van der Waals surface area contributed by atoms with Gasteiger partial charge in [-0.2, -0.15) is 4.31 Å². The molecular formula is C23H23N5O3S. The molecule has 2 aromatic heterocycles. The van der Waals surface area contributed by atoms with Gasteiger partial charge in [0, 0.05) is 48.5 Å². The second-order valence-electron chi connectivity index (χ2n) is 7.63. The SMILES string of the molecule is CC(C)N(C)S(=O)(=O)c1cccc(C(=O)Nc2ccc(-c3cn4cccnc4n3)cc2)c1. The van der Waals surface area contributed by atoms with Crippen LogP contribution in [-0.4, -0.2) is 46.1 Å². The first-order valence-corrected chi connectivity index (χ1v) is 11.5. The van der Waals surface area contributed by atoms with Crippen molar-refractivity contribution in [1.29, 1.82) is 0 Å². The van der Waals surface area contributed by atoms with E-state index in [4.69, 9.17) is 0 Å². The Kier molecular flexibility index (Phi) is 5.77. The highest BCUT2D eigenvalue weighted by atomic mass is 32.2. The molecule has 0 saturated heterocycles. The first-order valence-electron chi connectivity index (χ1n) is 10.1. The molecule has 0 bridgehead atoms. The number of benzene rings is 2. The summed E-state index contributed by atoms with van der Waals surface area (Å²) in [7, 11) is -2.15. The average molecular weight is 450 g/mol. The second kappa shape index (κ2) is 8.52. The normalized spacial score (nSPS) is 11.9. The number of fused-ring (bicyclic) bond motifs is 1. The molecule has 0 aliphatic carbocycles. The van der Waals surface area contributed by atoms with E-state index in [-0.39, 0.29) is 22.4 Å². The van der Waals surface area contributed by atoms with Crippen LogP contribution in [0.15, 0.2) is 78.1 Å². The molecule has 0 spiro atoms. The zero-order chi connectivity index (χ0) is 22.9. The van der Waals surface area contributed by atoms with Gasteiger partial charge in [-0.1, -0.05) is 18.2 Å². The summed E-state index contributed by atoms with van der Waals surface area (Å²) < 4.78 is 28.6. The maximum atomic E-state index is 12.7. The molecule has 1 amide bonds. The predicted octanol–water partition coefficient (Wildman–Crippen LogP) is 3.68. The van der Waals surface area contributed by atoms with E-state index >= 15 is 0 Å². The third-order valence-electron chi connectivity index (χ3n) is 5.17. The lowest BCUT2D eigenvalue weighted by Gasteiger charge is -2.21. The van der Waals surface area contributed by atoms with Gasteiger partial charge < -0.3 is 5.32 Å². The lowest BCUT2D eigenvalue weighted by atomic mass is 10.1. The largest absolute Gasteiger partial charge is 0.322 e. The van der Waals surface area contributed by atoms with E-state index in [2.05, 4.69) is 15.3 Å². The lowest BCUT2D eigenvalue weighted by molar-refractivity contribution is 0.102. The van der Waals surface area contributed by atoms with Gasteiger partial charge in [0.2, 0.25) is 15.8 Å². The Hall–Kier alpha value is -3.56.